The van der Waals surface area contributed by atoms with Crippen molar-refractivity contribution in [2.75, 3.05) is 19.0 Å². The Labute approximate surface area is 232 Å². The van der Waals surface area contributed by atoms with Crippen molar-refractivity contribution in [2.45, 2.75) is 43.9 Å². The molecule has 3 amide bonds. The fraction of sp³-hybridized carbons (Fsp3) is 0.400. The Morgan fingerprint density at radius 1 is 0.974 bits per heavy atom. The number of carbonyl (C=O) groups excluding carboxylic acids is 3. The van der Waals surface area contributed by atoms with Gasteiger partial charge in [0.25, 0.3) is 17.7 Å². The van der Waals surface area contributed by atoms with E-state index in [0.29, 0.717) is 22.5 Å². The predicted molar refractivity (Wildman–Crippen MR) is 150 cm³/mol. The molecule has 5 aliphatic rings. The van der Waals surface area contributed by atoms with E-state index in [1.807, 2.05) is 12.1 Å². The number of carbonyl (C=O) groups is 3. The van der Waals surface area contributed by atoms with Crippen molar-refractivity contribution in [2.24, 2.45) is 17.8 Å². The van der Waals surface area contributed by atoms with Crippen LogP contribution in [0.25, 0.3) is 6.08 Å². The van der Waals surface area contributed by atoms with E-state index >= 15 is 0 Å². The molecular weight excluding hydrogens is 514 g/mol. The third kappa shape index (κ3) is 5.15. The van der Waals surface area contributed by atoms with Crippen molar-refractivity contribution in [3.05, 3.63) is 59.2 Å². The molecule has 4 aliphatic carbocycles. The molecule has 1 aliphatic heterocycles. The highest BCUT2D eigenvalue weighted by molar-refractivity contribution is 7.80. The summed E-state index contributed by atoms with van der Waals surface area (Å²) in [5.41, 5.74) is 2.97. The van der Waals surface area contributed by atoms with Crippen molar-refractivity contribution in [3.63, 3.8) is 0 Å². The minimum absolute atomic E-state index is 0.0275. The van der Waals surface area contributed by atoms with Crippen LogP contribution in [0.15, 0.2) is 48.0 Å². The van der Waals surface area contributed by atoms with E-state index in [1.165, 1.54) is 57.3 Å². The average Bonchev–Trinajstić information content (AvgIpc) is 2.89. The third-order valence-corrected chi connectivity index (χ3v) is 8.82. The van der Waals surface area contributed by atoms with E-state index in [9.17, 15) is 14.4 Å². The molecule has 9 heteroatoms. The van der Waals surface area contributed by atoms with E-state index in [2.05, 4.69) is 28.1 Å². The molecule has 202 valence electrons. The van der Waals surface area contributed by atoms with Gasteiger partial charge in [-0.1, -0.05) is 18.2 Å². The lowest BCUT2D eigenvalue weighted by atomic mass is 9.48. The summed E-state index contributed by atoms with van der Waals surface area (Å²) in [5.74, 6) is 1.96. The molecule has 0 aromatic heterocycles. The van der Waals surface area contributed by atoms with Gasteiger partial charge < -0.3 is 14.8 Å². The van der Waals surface area contributed by atoms with Gasteiger partial charge in [-0.15, -0.1) is 0 Å². The summed E-state index contributed by atoms with van der Waals surface area (Å²) < 4.78 is 11.1. The number of methoxy groups -OCH3 is 1. The number of nitrogens with one attached hydrogen (secondary N) is 3. The SMILES string of the molecule is COc1cc(C=C2C(=O)NC(=S)NC2=O)ccc1OCC(=O)Nc1ccc(C23CC4CC(CC(C4)C2)C3)cc1. The van der Waals surface area contributed by atoms with Crippen LogP contribution in [-0.2, 0) is 19.8 Å². The van der Waals surface area contributed by atoms with Crippen LogP contribution in [0.1, 0.15) is 49.7 Å². The van der Waals surface area contributed by atoms with Crippen molar-refractivity contribution < 1.29 is 23.9 Å². The smallest absolute Gasteiger partial charge is 0.263 e. The van der Waals surface area contributed by atoms with Crippen LogP contribution in [0.2, 0.25) is 0 Å². The van der Waals surface area contributed by atoms with Crippen LogP contribution in [-0.4, -0.2) is 36.6 Å². The van der Waals surface area contributed by atoms with E-state index in [4.69, 9.17) is 21.7 Å². The predicted octanol–water partition coefficient (Wildman–Crippen LogP) is 4.09. The van der Waals surface area contributed by atoms with E-state index in [1.54, 1.807) is 18.2 Å². The Morgan fingerprint density at radius 3 is 2.18 bits per heavy atom. The summed E-state index contributed by atoms with van der Waals surface area (Å²) in [6.45, 7) is -0.199. The van der Waals surface area contributed by atoms with Crippen molar-refractivity contribution in [1.82, 2.24) is 10.6 Å². The topological polar surface area (TPSA) is 106 Å². The lowest BCUT2D eigenvalue weighted by Gasteiger charge is -2.57. The molecule has 0 radical (unpaired) electrons. The van der Waals surface area contributed by atoms with Gasteiger partial charge in [-0.2, -0.15) is 0 Å². The molecule has 3 N–H and O–H groups in total. The highest BCUT2D eigenvalue weighted by atomic mass is 32.1. The summed E-state index contributed by atoms with van der Waals surface area (Å²) in [7, 11) is 1.48. The number of thiocarbonyl (C=S) groups is 1. The molecule has 0 atom stereocenters. The Balaban J connectivity index is 1.07. The summed E-state index contributed by atoms with van der Waals surface area (Å²) >= 11 is 4.82. The number of benzene rings is 2. The number of hydrogen-bond donors (Lipinski definition) is 3. The maximum Gasteiger partial charge on any atom is 0.263 e. The van der Waals surface area contributed by atoms with Crippen molar-refractivity contribution in [3.8, 4) is 11.5 Å². The zero-order valence-corrected chi connectivity index (χ0v) is 22.6. The molecule has 4 saturated carbocycles. The summed E-state index contributed by atoms with van der Waals surface area (Å²) in [5, 5.41) is 7.68. The molecule has 2 aromatic rings. The highest BCUT2D eigenvalue weighted by Crippen LogP contribution is 2.60. The van der Waals surface area contributed by atoms with E-state index in [0.717, 1.165) is 23.4 Å². The largest absolute Gasteiger partial charge is 0.493 e. The number of anilines is 1. The Bertz CT molecular complexity index is 1330. The second-order valence-corrected chi connectivity index (χ2v) is 11.7. The minimum atomic E-state index is -0.578. The highest BCUT2D eigenvalue weighted by Gasteiger charge is 2.51. The van der Waals surface area contributed by atoms with Crippen LogP contribution in [0.4, 0.5) is 5.69 Å². The van der Waals surface area contributed by atoms with Crippen LogP contribution in [0.3, 0.4) is 0 Å². The molecule has 1 heterocycles. The molecule has 0 spiro atoms. The summed E-state index contributed by atoms with van der Waals surface area (Å²) in [6.07, 6.45) is 9.62. The first kappa shape index (κ1) is 25.6. The Kier molecular flexibility index (Phi) is 6.62. The number of ether oxygens (including phenoxy) is 2. The number of amides is 3. The standard InChI is InChI=1S/C30H31N3O5S/c1-37-25-12-17(11-23-27(35)32-29(39)33-28(23)36)2-7-24(25)38-16-26(34)31-22-5-3-21(4-6-22)30-13-18-8-19(14-30)10-20(9-18)15-30/h2-7,11-12,18-20H,8-10,13-16H2,1H3,(H,31,34)(H2,32,33,35,36,39). The maximum atomic E-state index is 12.6. The van der Waals surface area contributed by atoms with Gasteiger partial charge in [-0.25, -0.2) is 0 Å². The first-order valence-electron chi connectivity index (χ1n) is 13.4. The van der Waals surface area contributed by atoms with Crippen molar-refractivity contribution >= 4 is 46.8 Å². The molecule has 39 heavy (non-hydrogen) atoms. The first-order chi connectivity index (χ1) is 18.8. The van der Waals surface area contributed by atoms with Gasteiger partial charge in [0.05, 0.1) is 7.11 Å². The van der Waals surface area contributed by atoms with Gasteiger partial charge in [0, 0.05) is 5.69 Å². The monoisotopic (exact) mass is 545 g/mol. The fourth-order valence-electron chi connectivity index (χ4n) is 7.38. The molecule has 1 saturated heterocycles. The van der Waals surface area contributed by atoms with Crippen LogP contribution >= 0.6 is 12.2 Å². The van der Waals surface area contributed by atoms with E-state index < -0.39 is 11.8 Å². The second kappa shape index (κ2) is 10.1. The summed E-state index contributed by atoms with van der Waals surface area (Å²) in [4.78, 5) is 36.8. The van der Waals surface area contributed by atoms with Gasteiger partial charge in [-0.05, 0) is 115 Å². The van der Waals surface area contributed by atoms with Crippen LogP contribution in [0, 0.1) is 17.8 Å². The first-order valence-corrected chi connectivity index (χ1v) is 13.8. The van der Waals surface area contributed by atoms with Gasteiger partial charge in [0.1, 0.15) is 5.57 Å². The average molecular weight is 546 g/mol. The van der Waals surface area contributed by atoms with Crippen molar-refractivity contribution in [1.29, 1.82) is 0 Å². The molecular formula is C30H31N3O5S. The molecule has 5 fully saturated rings. The lowest BCUT2D eigenvalue weighted by molar-refractivity contribution is -0.123. The molecule has 4 bridgehead atoms. The van der Waals surface area contributed by atoms with Gasteiger partial charge >= 0.3 is 0 Å². The van der Waals surface area contributed by atoms with Crippen LogP contribution < -0.4 is 25.4 Å². The Morgan fingerprint density at radius 2 is 1.59 bits per heavy atom. The minimum Gasteiger partial charge on any atom is -0.493 e. The second-order valence-electron chi connectivity index (χ2n) is 11.3. The molecule has 0 unspecified atom stereocenters. The molecule has 8 nitrogen and oxygen atoms in total. The van der Waals surface area contributed by atoms with Crippen LogP contribution in [0.5, 0.6) is 11.5 Å². The lowest BCUT2D eigenvalue weighted by Crippen LogP contribution is -2.51. The number of rotatable bonds is 7. The molecule has 7 rings (SSSR count). The number of hydrogen-bond acceptors (Lipinski definition) is 6. The Hall–Kier alpha value is -3.72. The molecule has 2 aromatic carbocycles. The van der Waals surface area contributed by atoms with E-state index in [-0.39, 0.29) is 23.2 Å². The summed E-state index contributed by atoms with van der Waals surface area (Å²) in [6, 6.07) is 13.3. The zero-order chi connectivity index (χ0) is 27.1. The van der Waals surface area contributed by atoms with Gasteiger partial charge in [0.15, 0.2) is 23.2 Å². The van der Waals surface area contributed by atoms with Gasteiger partial charge in [-0.3, -0.25) is 25.0 Å². The maximum absolute atomic E-state index is 12.6. The fourth-order valence-corrected chi connectivity index (χ4v) is 7.56. The van der Waals surface area contributed by atoms with Gasteiger partial charge in [0.2, 0.25) is 0 Å². The normalized spacial score (nSPS) is 27.1. The quantitative estimate of drug-likeness (QED) is 0.275. The zero-order valence-electron chi connectivity index (χ0n) is 21.8. The third-order valence-electron chi connectivity index (χ3n) is 8.62.